The number of fused-ring (bicyclic) bond motifs is 1. The molecule has 0 bridgehead atoms. The van der Waals surface area contributed by atoms with E-state index in [1.54, 1.807) is 9.58 Å². The van der Waals surface area contributed by atoms with E-state index in [1.165, 1.54) is 17.1 Å². The van der Waals surface area contributed by atoms with Crippen LogP contribution in [0.25, 0.3) is 16.7 Å². The Morgan fingerprint density at radius 1 is 1.19 bits per heavy atom. The van der Waals surface area contributed by atoms with Crippen molar-refractivity contribution in [2.75, 3.05) is 13.1 Å². The molecule has 0 radical (unpaired) electrons. The van der Waals surface area contributed by atoms with Crippen LogP contribution >= 0.6 is 0 Å². The second-order valence-corrected chi connectivity index (χ2v) is 6.86. The molecule has 3 heterocycles. The third-order valence-electron chi connectivity index (χ3n) is 4.63. The first-order valence-electron chi connectivity index (χ1n) is 8.95. The number of aromatic nitrogens is 4. The predicted molar refractivity (Wildman–Crippen MR) is 99.7 cm³/mol. The van der Waals surface area contributed by atoms with Crippen molar-refractivity contribution < 1.29 is 9.53 Å². The van der Waals surface area contributed by atoms with Crippen molar-refractivity contribution in [1.29, 1.82) is 0 Å². The van der Waals surface area contributed by atoms with Crippen LogP contribution in [0.15, 0.2) is 47.7 Å². The van der Waals surface area contributed by atoms with Crippen LogP contribution in [0.4, 0.5) is 0 Å². The number of benzene rings is 1. The number of hydrogen-bond acceptors (Lipinski definition) is 5. The molecule has 1 amide bonds. The van der Waals surface area contributed by atoms with Crippen molar-refractivity contribution in [2.45, 2.75) is 32.6 Å². The van der Waals surface area contributed by atoms with Crippen molar-refractivity contribution in [3.8, 4) is 5.69 Å². The predicted octanol–water partition coefficient (Wildman–Crippen LogP) is 1.22. The van der Waals surface area contributed by atoms with Crippen LogP contribution in [0.2, 0.25) is 0 Å². The lowest BCUT2D eigenvalue weighted by Gasteiger charge is -2.35. The summed E-state index contributed by atoms with van der Waals surface area (Å²) >= 11 is 0. The molecule has 4 rings (SSSR count). The Bertz CT molecular complexity index is 1020. The first kappa shape index (κ1) is 17.4. The maximum atomic E-state index is 12.8. The van der Waals surface area contributed by atoms with Gasteiger partial charge in [0.2, 0.25) is 5.91 Å². The van der Waals surface area contributed by atoms with Gasteiger partial charge in [-0.3, -0.25) is 14.2 Å². The minimum absolute atomic E-state index is 0.0147. The third-order valence-corrected chi connectivity index (χ3v) is 4.63. The highest BCUT2D eigenvalue weighted by molar-refractivity contribution is 5.78. The summed E-state index contributed by atoms with van der Waals surface area (Å²) in [7, 11) is 0. The number of morpholine rings is 1. The maximum absolute atomic E-state index is 12.8. The van der Waals surface area contributed by atoms with E-state index in [2.05, 4.69) is 10.1 Å². The minimum Gasteiger partial charge on any atom is -0.372 e. The molecular weight excluding hydrogens is 346 g/mol. The Kier molecular flexibility index (Phi) is 4.49. The van der Waals surface area contributed by atoms with E-state index in [4.69, 9.17) is 4.74 Å². The highest BCUT2D eigenvalue weighted by atomic mass is 16.5. The molecular formula is C19H21N5O3. The molecule has 1 fully saturated rings. The van der Waals surface area contributed by atoms with Crippen molar-refractivity contribution in [1.82, 2.24) is 24.2 Å². The second-order valence-electron chi connectivity index (χ2n) is 6.86. The van der Waals surface area contributed by atoms with Gasteiger partial charge in [0, 0.05) is 13.1 Å². The van der Waals surface area contributed by atoms with Gasteiger partial charge in [0.15, 0.2) is 5.65 Å². The average Bonchev–Trinajstić information content (AvgIpc) is 3.09. The highest BCUT2D eigenvalue weighted by Crippen LogP contribution is 2.14. The number of carbonyl (C=O) groups excluding carboxylic acids is 1. The quantitative estimate of drug-likeness (QED) is 0.695. The number of rotatable bonds is 3. The molecule has 2 atom stereocenters. The smallest absolute Gasteiger partial charge is 0.264 e. The molecule has 8 heteroatoms. The summed E-state index contributed by atoms with van der Waals surface area (Å²) in [4.78, 5) is 31.5. The summed E-state index contributed by atoms with van der Waals surface area (Å²) in [5, 5.41) is 4.67. The molecule has 0 aliphatic carbocycles. The van der Waals surface area contributed by atoms with E-state index in [-0.39, 0.29) is 30.2 Å². The Morgan fingerprint density at radius 3 is 2.59 bits per heavy atom. The first-order valence-corrected chi connectivity index (χ1v) is 8.95. The number of ether oxygens (including phenoxy) is 1. The van der Waals surface area contributed by atoms with Gasteiger partial charge in [-0.25, -0.2) is 9.67 Å². The van der Waals surface area contributed by atoms with Gasteiger partial charge in [-0.1, -0.05) is 18.2 Å². The summed E-state index contributed by atoms with van der Waals surface area (Å²) in [6.45, 7) is 4.89. The third kappa shape index (κ3) is 3.35. The van der Waals surface area contributed by atoms with Crippen LogP contribution in [0.5, 0.6) is 0 Å². The summed E-state index contributed by atoms with van der Waals surface area (Å²) in [6.07, 6.45) is 2.88. The zero-order valence-electron chi connectivity index (χ0n) is 15.3. The molecule has 1 saturated heterocycles. The van der Waals surface area contributed by atoms with Gasteiger partial charge < -0.3 is 9.64 Å². The minimum atomic E-state index is -0.273. The lowest BCUT2D eigenvalue weighted by atomic mass is 10.2. The molecule has 2 aromatic heterocycles. The number of carbonyl (C=O) groups is 1. The van der Waals surface area contributed by atoms with Gasteiger partial charge in [0.25, 0.3) is 5.56 Å². The fourth-order valence-corrected chi connectivity index (χ4v) is 3.45. The molecule has 0 saturated carbocycles. The summed E-state index contributed by atoms with van der Waals surface area (Å²) < 4.78 is 8.62. The second kappa shape index (κ2) is 6.96. The molecule has 1 aromatic carbocycles. The molecule has 0 N–H and O–H groups in total. The van der Waals surface area contributed by atoms with Crippen LogP contribution in [-0.2, 0) is 16.1 Å². The van der Waals surface area contributed by atoms with Gasteiger partial charge in [-0.2, -0.15) is 5.10 Å². The fraction of sp³-hybridized carbons (Fsp3) is 0.368. The standard InChI is InChI=1S/C19H21N5O3/c1-13-9-22(10-14(2)27-13)17(25)11-23-12-20-18-16(19(23)26)8-21-24(18)15-6-4-3-5-7-15/h3-8,12-14H,9-11H2,1-2H3/t13-,14-/m0/s1. The van der Waals surface area contributed by atoms with Crippen molar-refractivity contribution in [3.05, 3.63) is 53.2 Å². The molecule has 3 aromatic rings. The Hall–Kier alpha value is -3.00. The van der Waals surface area contributed by atoms with E-state index in [9.17, 15) is 9.59 Å². The normalized spacial score (nSPS) is 20.1. The van der Waals surface area contributed by atoms with E-state index in [0.717, 1.165) is 5.69 Å². The van der Waals surface area contributed by atoms with Crippen LogP contribution in [-0.4, -0.2) is 55.4 Å². The highest BCUT2D eigenvalue weighted by Gasteiger charge is 2.26. The zero-order chi connectivity index (χ0) is 19.0. The molecule has 1 aliphatic heterocycles. The van der Waals surface area contributed by atoms with E-state index in [0.29, 0.717) is 24.1 Å². The summed E-state index contributed by atoms with van der Waals surface area (Å²) in [6, 6.07) is 9.49. The Balaban J connectivity index is 1.61. The van der Waals surface area contributed by atoms with E-state index < -0.39 is 0 Å². The van der Waals surface area contributed by atoms with Gasteiger partial charge in [0.05, 0.1) is 24.1 Å². The average molecular weight is 367 g/mol. The zero-order valence-corrected chi connectivity index (χ0v) is 15.3. The topological polar surface area (TPSA) is 82.3 Å². The molecule has 27 heavy (non-hydrogen) atoms. The Labute approximate surface area is 156 Å². The lowest BCUT2D eigenvalue weighted by Crippen LogP contribution is -2.49. The number of hydrogen-bond donors (Lipinski definition) is 0. The van der Waals surface area contributed by atoms with E-state index in [1.807, 2.05) is 44.2 Å². The summed E-state index contributed by atoms with van der Waals surface area (Å²) in [5.74, 6) is -0.115. The monoisotopic (exact) mass is 367 g/mol. The Morgan fingerprint density at radius 2 is 1.89 bits per heavy atom. The van der Waals surface area contributed by atoms with Crippen molar-refractivity contribution in [3.63, 3.8) is 0 Å². The fourth-order valence-electron chi connectivity index (χ4n) is 3.45. The van der Waals surface area contributed by atoms with E-state index >= 15 is 0 Å². The molecule has 140 valence electrons. The molecule has 0 spiro atoms. The van der Waals surface area contributed by atoms with Crippen LogP contribution in [0.3, 0.4) is 0 Å². The molecule has 1 aliphatic rings. The summed E-state index contributed by atoms with van der Waals surface area (Å²) in [5.41, 5.74) is 1.03. The van der Waals surface area contributed by atoms with Gasteiger partial charge in [-0.05, 0) is 26.0 Å². The number of nitrogens with zero attached hydrogens (tertiary/aromatic N) is 5. The van der Waals surface area contributed by atoms with Crippen molar-refractivity contribution >= 4 is 16.9 Å². The number of amides is 1. The van der Waals surface area contributed by atoms with Crippen LogP contribution < -0.4 is 5.56 Å². The van der Waals surface area contributed by atoms with Crippen molar-refractivity contribution in [2.24, 2.45) is 0 Å². The first-order chi connectivity index (χ1) is 13.0. The van der Waals surface area contributed by atoms with Gasteiger partial charge in [0.1, 0.15) is 18.3 Å². The molecule has 8 nitrogen and oxygen atoms in total. The van der Waals surface area contributed by atoms with Crippen LogP contribution in [0.1, 0.15) is 13.8 Å². The SMILES string of the molecule is C[C@H]1CN(C(=O)Cn2cnc3c(cnn3-c3ccccc3)c2=O)C[C@H](C)O1. The molecule has 0 unspecified atom stereocenters. The number of para-hydroxylation sites is 1. The largest absolute Gasteiger partial charge is 0.372 e. The van der Waals surface area contributed by atoms with Crippen LogP contribution in [0, 0.1) is 0 Å². The van der Waals surface area contributed by atoms with Gasteiger partial charge in [-0.15, -0.1) is 0 Å². The maximum Gasteiger partial charge on any atom is 0.264 e. The lowest BCUT2D eigenvalue weighted by molar-refractivity contribution is -0.143. The van der Waals surface area contributed by atoms with Gasteiger partial charge >= 0.3 is 0 Å².